The van der Waals surface area contributed by atoms with Crippen LogP contribution in [-0.4, -0.2) is 79.0 Å². The molecule has 0 radical (unpaired) electrons. The van der Waals surface area contributed by atoms with E-state index < -0.39 is 29.5 Å². The van der Waals surface area contributed by atoms with Crippen LogP contribution < -0.4 is 10.6 Å². The number of hydrogen-bond donors (Lipinski definition) is 2. The molecule has 1 aliphatic rings. The Kier molecular flexibility index (Phi) is 15.3. The summed E-state index contributed by atoms with van der Waals surface area (Å²) < 4.78 is 5.41. The summed E-state index contributed by atoms with van der Waals surface area (Å²) >= 11 is 0. The first-order valence-corrected chi connectivity index (χ1v) is 17.7. The van der Waals surface area contributed by atoms with Crippen LogP contribution in [0.3, 0.4) is 0 Å². The molecule has 0 bridgehead atoms. The van der Waals surface area contributed by atoms with Crippen molar-refractivity contribution < 1.29 is 28.7 Å². The van der Waals surface area contributed by atoms with Crippen molar-refractivity contribution in [1.82, 2.24) is 15.5 Å². The summed E-state index contributed by atoms with van der Waals surface area (Å²) in [6.07, 6.45) is 2.20. The minimum Gasteiger partial charge on any atom is -0.361 e. The molecule has 0 unspecified atom stereocenters. The van der Waals surface area contributed by atoms with E-state index in [1.807, 2.05) is 102 Å². The molecule has 2 N–H and O–H groups in total. The average molecular weight is 676 g/mol. The van der Waals surface area contributed by atoms with Crippen molar-refractivity contribution in [3.63, 3.8) is 0 Å². The molecule has 0 aliphatic carbocycles. The number of rotatable bonds is 22. The van der Waals surface area contributed by atoms with Crippen molar-refractivity contribution in [1.29, 1.82) is 0 Å². The molecule has 1 aliphatic heterocycles. The molecule has 2 amide bonds. The lowest BCUT2D eigenvalue weighted by atomic mass is 9.87. The van der Waals surface area contributed by atoms with E-state index in [0.29, 0.717) is 38.7 Å². The van der Waals surface area contributed by atoms with E-state index >= 15 is 0 Å². The molecule has 49 heavy (non-hydrogen) atoms. The highest BCUT2D eigenvalue weighted by Gasteiger charge is 2.50. The minimum atomic E-state index is -0.894. The zero-order valence-electron chi connectivity index (χ0n) is 30.5. The Morgan fingerprint density at radius 3 is 1.80 bits per heavy atom. The van der Waals surface area contributed by atoms with E-state index in [9.17, 15) is 24.0 Å². The summed E-state index contributed by atoms with van der Waals surface area (Å²) in [7, 11) is 3.63. The molecular formula is C40H57N3O6. The number of amides is 2. The molecule has 9 heteroatoms. The van der Waals surface area contributed by atoms with Gasteiger partial charge in [0.2, 0.25) is 11.8 Å². The number of carbonyl (C=O) groups excluding carboxylic acids is 5. The van der Waals surface area contributed by atoms with Crippen LogP contribution in [0.5, 0.6) is 0 Å². The van der Waals surface area contributed by atoms with Crippen LogP contribution >= 0.6 is 0 Å². The Hall–Kier alpha value is -3.69. The van der Waals surface area contributed by atoms with E-state index in [4.69, 9.17) is 4.74 Å². The fraction of sp³-hybridized carbons (Fsp3) is 0.575. The van der Waals surface area contributed by atoms with Crippen molar-refractivity contribution in [2.45, 2.75) is 97.2 Å². The third kappa shape index (κ3) is 13.6. The molecule has 2 aromatic carbocycles. The van der Waals surface area contributed by atoms with Crippen molar-refractivity contribution in [2.75, 3.05) is 27.2 Å². The Balaban J connectivity index is 1.82. The maximum Gasteiger partial charge on any atom is 0.224 e. The van der Waals surface area contributed by atoms with Gasteiger partial charge < -0.3 is 20.3 Å². The molecule has 0 aromatic heterocycles. The molecule has 1 heterocycles. The van der Waals surface area contributed by atoms with Gasteiger partial charge in [0.1, 0.15) is 11.4 Å². The van der Waals surface area contributed by atoms with Gasteiger partial charge in [-0.05, 0) is 76.1 Å². The number of Topliss-reactive ketones (excluding diaryl/α,β-unsaturated/α-hetero) is 3. The van der Waals surface area contributed by atoms with Gasteiger partial charge in [0.15, 0.2) is 11.6 Å². The SMILES string of the molecule is CC(C)C[C@H](NC(=O)[C@H](CCc1ccccc1)CC(=O)CN(C)C)C(=O)C[C@@H](Cc1ccccc1)C(=O)N[C@@H](CC(C)C)C(=O)[C@@]1(C)CO1. The molecule has 1 saturated heterocycles. The highest BCUT2D eigenvalue weighted by molar-refractivity contribution is 5.98. The van der Waals surface area contributed by atoms with Crippen LogP contribution in [0.4, 0.5) is 0 Å². The van der Waals surface area contributed by atoms with Gasteiger partial charge in [-0.25, -0.2) is 0 Å². The molecule has 0 saturated carbocycles. The summed E-state index contributed by atoms with van der Waals surface area (Å²) in [6.45, 7) is 10.2. The average Bonchev–Trinajstić information content (AvgIpc) is 3.79. The van der Waals surface area contributed by atoms with Crippen LogP contribution in [0.15, 0.2) is 60.7 Å². The predicted molar refractivity (Wildman–Crippen MR) is 192 cm³/mol. The van der Waals surface area contributed by atoms with E-state index in [1.54, 1.807) is 11.8 Å². The number of epoxide rings is 1. The Labute approximate surface area is 292 Å². The topological polar surface area (TPSA) is 125 Å². The second-order valence-corrected chi connectivity index (χ2v) is 15.0. The number of ketones is 3. The molecule has 1 fully saturated rings. The number of benzene rings is 2. The summed E-state index contributed by atoms with van der Waals surface area (Å²) in [5, 5.41) is 5.99. The van der Waals surface area contributed by atoms with E-state index in [-0.39, 0.29) is 60.4 Å². The third-order valence-electron chi connectivity index (χ3n) is 8.96. The minimum absolute atomic E-state index is 0.0412. The number of ether oxygens (including phenoxy) is 1. The summed E-state index contributed by atoms with van der Waals surface area (Å²) in [4.78, 5) is 69.9. The van der Waals surface area contributed by atoms with Crippen LogP contribution in [0.25, 0.3) is 0 Å². The van der Waals surface area contributed by atoms with Gasteiger partial charge in [0.05, 0.1) is 25.2 Å². The quantitative estimate of drug-likeness (QED) is 0.169. The molecule has 2 aromatic rings. The Morgan fingerprint density at radius 1 is 0.755 bits per heavy atom. The van der Waals surface area contributed by atoms with Gasteiger partial charge in [-0.2, -0.15) is 0 Å². The second-order valence-electron chi connectivity index (χ2n) is 15.0. The van der Waals surface area contributed by atoms with Crippen molar-refractivity contribution >= 4 is 29.2 Å². The predicted octanol–water partition coefficient (Wildman–Crippen LogP) is 4.99. The summed E-state index contributed by atoms with van der Waals surface area (Å²) in [5.41, 5.74) is 1.07. The number of likely N-dealkylation sites (N-methyl/N-ethyl adjacent to an activating group) is 1. The maximum atomic E-state index is 14.1. The fourth-order valence-corrected chi connectivity index (χ4v) is 6.19. The lowest BCUT2D eigenvalue weighted by Gasteiger charge is -2.27. The molecule has 268 valence electrons. The van der Waals surface area contributed by atoms with E-state index in [0.717, 1.165) is 11.1 Å². The van der Waals surface area contributed by atoms with Gasteiger partial charge in [0.25, 0.3) is 0 Å². The van der Waals surface area contributed by atoms with Gasteiger partial charge in [-0.3, -0.25) is 24.0 Å². The molecule has 5 atom stereocenters. The number of nitrogens with zero attached hydrogens (tertiary/aromatic N) is 1. The van der Waals surface area contributed by atoms with Crippen molar-refractivity contribution in [2.24, 2.45) is 23.7 Å². The Morgan fingerprint density at radius 2 is 1.27 bits per heavy atom. The smallest absolute Gasteiger partial charge is 0.224 e. The Bertz CT molecular complexity index is 1390. The molecule has 9 nitrogen and oxygen atoms in total. The van der Waals surface area contributed by atoms with Gasteiger partial charge >= 0.3 is 0 Å². The first-order valence-electron chi connectivity index (χ1n) is 17.7. The largest absolute Gasteiger partial charge is 0.361 e. The van der Waals surface area contributed by atoms with Crippen LogP contribution in [0.1, 0.15) is 77.8 Å². The van der Waals surface area contributed by atoms with Crippen molar-refractivity contribution in [3.05, 3.63) is 71.8 Å². The van der Waals surface area contributed by atoms with Crippen LogP contribution in [0.2, 0.25) is 0 Å². The number of nitrogens with one attached hydrogen (secondary N) is 2. The summed E-state index contributed by atoms with van der Waals surface area (Å²) in [6, 6.07) is 17.8. The number of carbonyl (C=O) groups is 5. The van der Waals surface area contributed by atoms with Gasteiger partial charge in [0, 0.05) is 24.7 Å². The third-order valence-corrected chi connectivity index (χ3v) is 8.96. The van der Waals surface area contributed by atoms with E-state index in [2.05, 4.69) is 10.6 Å². The zero-order chi connectivity index (χ0) is 36.1. The first kappa shape index (κ1) is 39.7. The van der Waals surface area contributed by atoms with E-state index in [1.165, 1.54) is 0 Å². The molecule has 0 spiro atoms. The highest BCUT2D eigenvalue weighted by atomic mass is 16.6. The second kappa shape index (κ2) is 18.9. The highest BCUT2D eigenvalue weighted by Crippen LogP contribution is 2.30. The van der Waals surface area contributed by atoms with Gasteiger partial charge in [-0.1, -0.05) is 88.4 Å². The zero-order valence-corrected chi connectivity index (χ0v) is 30.5. The standard InChI is InChI=1S/C40H57N3O6/c1-27(2)20-34(41-38(47)31(23-33(44)25-43(6)7)19-18-29-14-10-8-11-15-29)36(45)24-32(22-30-16-12-9-13-17-30)39(48)42-35(21-28(3)4)37(46)40(5)26-49-40/h8-17,27-28,31-32,34-35H,18-26H2,1-7H3,(H,41,47)(H,42,48)/t31-,32-,34+,35+,40-/m1/s1. The van der Waals surface area contributed by atoms with Crippen LogP contribution in [0, 0.1) is 23.7 Å². The molecular weight excluding hydrogens is 618 g/mol. The van der Waals surface area contributed by atoms with Crippen LogP contribution in [-0.2, 0) is 41.6 Å². The lowest BCUT2D eigenvalue weighted by Crippen LogP contribution is -2.50. The fourth-order valence-electron chi connectivity index (χ4n) is 6.19. The van der Waals surface area contributed by atoms with Gasteiger partial charge in [-0.15, -0.1) is 0 Å². The normalized spacial score (nSPS) is 18.1. The first-order chi connectivity index (χ1) is 23.2. The molecule has 3 rings (SSSR count). The number of hydrogen-bond acceptors (Lipinski definition) is 7. The summed E-state index contributed by atoms with van der Waals surface area (Å²) in [5.74, 6) is -2.27. The number of aryl methyl sites for hydroxylation is 1. The maximum absolute atomic E-state index is 14.1. The van der Waals surface area contributed by atoms with Crippen molar-refractivity contribution in [3.8, 4) is 0 Å². The monoisotopic (exact) mass is 675 g/mol. The lowest BCUT2D eigenvalue weighted by molar-refractivity contribution is -0.135.